The van der Waals surface area contributed by atoms with Gasteiger partial charge < -0.3 is 16.2 Å². The summed E-state index contributed by atoms with van der Waals surface area (Å²) in [6.45, 7) is 7.24. The summed E-state index contributed by atoms with van der Waals surface area (Å²) in [5.74, 6) is -1.47. The van der Waals surface area contributed by atoms with E-state index in [-0.39, 0.29) is 23.8 Å². The molecule has 3 atom stereocenters. The lowest BCUT2D eigenvalue weighted by Crippen LogP contribution is -2.47. The Morgan fingerprint density at radius 1 is 1.25 bits per heavy atom. The van der Waals surface area contributed by atoms with Crippen LogP contribution in [0.3, 0.4) is 0 Å². The number of amides is 1. The molecule has 0 heterocycles. The summed E-state index contributed by atoms with van der Waals surface area (Å²) in [6.07, 6.45) is 0.423. The molecule has 0 saturated heterocycles. The zero-order chi connectivity index (χ0) is 12.9. The number of nitrogens with two attached hydrogens (primary N) is 1. The fraction of sp³-hybridized carbons (Fsp3) is 0.818. The molecule has 0 radical (unpaired) electrons. The minimum absolute atomic E-state index is 0.215. The van der Waals surface area contributed by atoms with Crippen molar-refractivity contribution < 1.29 is 14.7 Å². The van der Waals surface area contributed by atoms with Gasteiger partial charge in [0.1, 0.15) is 6.04 Å². The molecule has 0 saturated carbocycles. The SMILES string of the molecule is CC(C)CC(NC(=O)C(C)C(C)N)C(=O)O. The van der Waals surface area contributed by atoms with Crippen LogP contribution in [0.4, 0.5) is 0 Å². The van der Waals surface area contributed by atoms with Gasteiger partial charge in [-0.1, -0.05) is 20.8 Å². The van der Waals surface area contributed by atoms with E-state index >= 15 is 0 Å². The lowest BCUT2D eigenvalue weighted by Gasteiger charge is -2.20. The summed E-state index contributed by atoms with van der Waals surface area (Å²) in [5, 5.41) is 11.5. The van der Waals surface area contributed by atoms with E-state index in [1.165, 1.54) is 0 Å². The molecular weight excluding hydrogens is 208 g/mol. The van der Waals surface area contributed by atoms with Crippen LogP contribution in [0.1, 0.15) is 34.1 Å². The lowest BCUT2D eigenvalue weighted by molar-refractivity contribution is -0.143. The van der Waals surface area contributed by atoms with Crippen LogP contribution in [-0.2, 0) is 9.59 Å². The van der Waals surface area contributed by atoms with Crippen LogP contribution in [0, 0.1) is 11.8 Å². The molecule has 94 valence electrons. The average molecular weight is 230 g/mol. The van der Waals surface area contributed by atoms with Crippen molar-refractivity contribution in [3.05, 3.63) is 0 Å². The monoisotopic (exact) mass is 230 g/mol. The van der Waals surface area contributed by atoms with Crippen molar-refractivity contribution in [2.24, 2.45) is 17.6 Å². The topological polar surface area (TPSA) is 92.4 Å². The third kappa shape index (κ3) is 5.11. The number of nitrogens with one attached hydrogen (secondary N) is 1. The van der Waals surface area contributed by atoms with Crippen molar-refractivity contribution in [2.75, 3.05) is 0 Å². The number of aliphatic carboxylic acids is 1. The fourth-order valence-corrected chi connectivity index (χ4v) is 1.23. The molecule has 0 aliphatic heterocycles. The molecule has 5 heteroatoms. The quantitative estimate of drug-likeness (QED) is 0.622. The summed E-state index contributed by atoms with van der Waals surface area (Å²) in [6, 6.07) is -1.11. The van der Waals surface area contributed by atoms with Crippen molar-refractivity contribution in [1.82, 2.24) is 5.32 Å². The third-order valence-electron chi connectivity index (χ3n) is 2.52. The molecule has 0 aromatic rings. The summed E-state index contributed by atoms with van der Waals surface area (Å²) in [5.41, 5.74) is 5.58. The van der Waals surface area contributed by atoms with Gasteiger partial charge in [-0.3, -0.25) is 4.79 Å². The average Bonchev–Trinajstić information content (AvgIpc) is 2.14. The van der Waals surface area contributed by atoms with Crippen LogP contribution >= 0.6 is 0 Å². The Morgan fingerprint density at radius 2 is 1.75 bits per heavy atom. The standard InChI is InChI=1S/C11H22N2O3/c1-6(2)5-9(11(15)16)13-10(14)7(3)8(4)12/h6-9H,5,12H2,1-4H3,(H,13,14)(H,15,16). The Hall–Kier alpha value is -1.10. The molecule has 3 unspecified atom stereocenters. The number of hydrogen-bond acceptors (Lipinski definition) is 3. The first-order valence-corrected chi connectivity index (χ1v) is 5.54. The van der Waals surface area contributed by atoms with E-state index in [4.69, 9.17) is 10.8 Å². The molecule has 0 aromatic carbocycles. The Kier molecular flexibility index (Phi) is 6.03. The maximum Gasteiger partial charge on any atom is 0.326 e. The predicted octanol–water partition coefficient (Wildman–Crippen LogP) is 0.585. The van der Waals surface area contributed by atoms with Gasteiger partial charge >= 0.3 is 5.97 Å². The maximum atomic E-state index is 11.6. The number of carboxylic acids is 1. The van der Waals surface area contributed by atoms with Crippen LogP contribution < -0.4 is 11.1 Å². The van der Waals surface area contributed by atoms with Crippen molar-refractivity contribution in [2.45, 2.75) is 46.2 Å². The van der Waals surface area contributed by atoms with E-state index in [1.54, 1.807) is 13.8 Å². The van der Waals surface area contributed by atoms with Gasteiger partial charge in [0, 0.05) is 12.0 Å². The highest BCUT2D eigenvalue weighted by Crippen LogP contribution is 2.07. The minimum Gasteiger partial charge on any atom is -0.480 e. The van der Waals surface area contributed by atoms with Gasteiger partial charge in [-0.25, -0.2) is 4.79 Å². The number of hydrogen-bond donors (Lipinski definition) is 3. The van der Waals surface area contributed by atoms with E-state index in [9.17, 15) is 9.59 Å². The minimum atomic E-state index is -1.00. The number of carbonyl (C=O) groups is 2. The molecule has 5 nitrogen and oxygen atoms in total. The summed E-state index contributed by atoms with van der Waals surface area (Å²) in [4.78, 5) is 22.5. The number of carbonyl (C=O) groups excluding carboxylic acids is 1. The summed E-state index contributed by atoms with van der Waals surface area (Å²) < 4.78 is 0. The Balaban J connectivity index is 4.40. The molecule has 1 amide bonds. The summed E-state index contributed by atoms with van der Waals surface area (Å²) >= 11 is 0. The van der Waals surface area contributed by atoms with Gasteiger partial charge in [0.15, 0.2) is 0 Å². The molecule has 0 spiro atoms. The second-order valence-electron chi connectivity index (χ2n) is 4.68. The predicted molar refractivity (Wildman–Crippen MR) is 61.8 cm³/mol. The molecule has 0 bridgehead atoms. The van der Waals surface area contributed by atoms with Crippen molar-refractivity contribution in [3.8, 4) is 0 Å². The highest BCUT2D eigenvalue weighted by atomic mass is 16.4. The van der Waals surface area contributed by atoms with Crippen LogP contribution in [0.2, 0.25) is 0 Å². The van der Waals surface area contributed by atoms with Crippen LogP contribution in [0.25, 0.3) is 0 Å². The van der Waals surface area contributed by atoms with Gasteiger partial charge in [0.25, 0.3) is 0 Å². The highest BCUT2D eigenvalue weighted by molar-refractivity contribution is 5.85. The zero-order valence-corrected chi connectivity index (χ0v) is 10.4. The molecule has 0 fully saturated rings. The van der Waals surface area contributed by atoms with E-state index in [0.717, 1.165) is 0 Å². The van der Waals surface area contributed by atoms with E-state index in [2.05, 4.69) is 5.32 Å². The smallest absolute Gasteiger partial charge is 0.326 e. The first kappa shape index (κ1) is 14.9. The van der Waals surface area contributed by atoms with Crippen molar-refractivity contribution in [1.29, 1.82) is 0 Å². The highest BCUT2D eigenvalue weighted by Gasteiger charge is 2.25. The number of carboxylic acid groups (broad SMARTS) is 1. The first-order valence-electron chi connectivity index (χ1n) is 5.54. The van der Waals surface area contributed by atoms with Gasteiger partial charge in [-0.15, -0.1) is 0 Å². The second-order valence-corrected chi connectivity index (χ2v) is 4.68. The third-order valence-corrected chi connectivity index (χ3v) is 2.52. The van der Waals surface area contributed by atoms with E-state index in [1.807, 2.05) is 13.8 Å². The molecule has 0 aliphatic rings. The zero-order valence-electron chi connectivity index (χ0n) is 10.4. The van der Waals surface area contributed by atoms with E-state index < -0.39 is 12.0 Å². The molecule has 0 aliphatic carbocycles. The second kappa shape index (κ2) is 6.48. The fourth-order valence-electron chi connectivity index (χ4n) is 1.23. The van der Waals surface area contributed by atoms with Crippen LogP contribution in [-0.4, -0.2) is 29.1 Å². The molecule has 4 N–H and O–H groups in total. The van der Waals surface area contributed by atoms with Gasteiger partial charge in [-0.05, 0) is 19.3 Å². The molecule has 0 rings (SSSR count). The molecule has 16 heavy (non-hydrogen) atoms. The first-order chi connectivity index (χ1) is 7.25. The number of rotatable bonds is 6. The van der Waals surface area contributed by atoms with Crippen molar-refractivity contribution in [3.63, 3.8) is 0 Å². The van der Waals surface area contributed by atoms with Crippen LogP contribution in [0.5, 0.6) is 0 Å². The van der Waals surface area contributed by atoms with Gasteiger partial charge in [-0.2, -0.15) is 0 Å². The van der Waals surface area contributed by atoms with Crippen molar-refractivity contribution >= 4 is 11.9 Å². The van der Waals surface area contributed by atoms with Gasteiger partial charge in [0.2, 0.25) is 5.91 Å². The van der Waals surface area contributed by atoms with Gasteiger partial charge in [0.05, 0.1) is 0 Å². The largest absolute Gasteiger partial charge is 0.480 e. The maximum absolute atomic E-state index is 11.6. The van der Waals surface area contributed by atoms with E-state index in [0.29, 0.717) is 6.42 Å². The normalized spacial score (nSPS) is 16.6. The Bertz CT molecular complexity index is 252. The molecule has 0 aromatic heterocycles. The Morgan fingerprint density at radius 3 is 2.06 bits per heavy atom. The Labute approximate surface area is 96.4 Å². The summed E-state index contributed by atoms with van der Waals surface area (Å²) in [7, 11) is 0. The van der Waals surface area contributed by atoms with Crippen LogP contribution in [0.15, 0.2) is 0 Å². The lowest BCUT2D eigenvalue weighted by atomic mass is 10.0. The molecular formula is C11H22N2O3.